The summed E-state index contributed by atoms with van der Waals surface area (Å²) in [5.41, 5.74) is 0. The van der Waals surface area contributed by atoms with Crippen molar-refractivity contribution in [3.8, 4) is 0 Å². The molecule has 102 valence electrons. The maximum absolute atomic E-state index is 11.9. The van der Waals surface area contributed by atoms with Gasteiger partial charge in [-0.25, -0.2) is 4.79 Å². The van der Waals surface area contributed by atoms with Gasteiger partial charge < -0.3 is 15.2 Å². The lowest BCUT2D eigenvalue weighted by atomic mass is 10.3. The normalized spacial score (nSPS) is 13.8. The topological polar surface area (TPSA) is 71.8 Å². The molecule has 2 atom stereocenters. The maximum Gasteiger partial charge on any atom is 0.315 e. The van der Waals surface area contributed by atoms with E-state index in [0.29, 0.717) is 0 Å². The van der Waals surface area contributed by atoms with Crippen LogP contribution < -0.4 is 10.6 Å². The molecule has 2 aromatic rings. The Kier molecular flexibility index (Phi) is 4.16. The molecule has 2 amide bonds. The van der Waals surface area contributed by atoms with Gasteiger partial charge in [-0.3, -0.25) is 0 Å². The van der Waals surface area contributed by atoms with Gasteiger partial charge in [0.05, 0.1) is 12.1 Å². The second-order valence-electron chi connectivity index (χ2n) is 4.38. The number of hydrogen-bond acceptors (Lipinski definition) is 4. The molecule has 0 aliphatic heterocycles. The summed E-state index contributed by atoms with van der Waals surface area (Å²) in [5, 5.41) is 15.5. The van der Waals surface area contributed by atoms with Crippen LogP contribution in [-0.2, 0) is 7.05 Å². The van der Waals surface area contributed by atoms with Gasteiger partial charge in [0.2, 0.25) is 0 Å². The number of aromatic nitrogens is 3. The predicted octanol–water partition coefficient (Wildman–Crippen LogP) is 2.00. The van der Waals surface area contributed by atoms with E-state index >= 15 is 0 Å². The average Bonchev–Trinajstić information content (AvgIpc) is 2.98. The number of carbonyl (C=O) groups is 1. The maximum atomic E-state index is 11.9. The van der Waals surface area contributed by atoms with E-state index in [-0.39, 0.29) is 18.1 Å². The highest BCUT2D eigenvalue weighted by molar-refractivity contribution is 7.10. The van der Waals surface area contributed by atoms with Crippen LogP contribution in [0.1, 0.15) is 36.6 Å². The van der Waals surface area contributed by atoms with E-state index in [0.717, 1.165) is 10.7 Å². The molecule has 2 aromatic heterocycles. The summed E-state index contributed by atoms with van der Waals surface area (Å²) in [5.74, 6) is 0.721. The molecule has 0 spiro atoms. The van der Waals surface area contributed by atoms with Gasteiger partial charge in [0.1, 0.15) is 6.33 Å². The smallest absolute Gasteiger partial charge is 0.315 e. The monoisotopic (exact) mass is 279 g/mol. The largest absolute Gasteiger partial charge is 0.331 e. The Morgan fingerprint density at radius 3 is 2.68 bits per heavy atom. The number of amides is 2. The highest BCUT2D eigenvalue weighted by Gasteiger charge is 2.16. The number of aryl methyl sites for hydroxylation is 1. The third-order valence-electron chi connectivity index (χ3n) is 2.80. The van der Waals surface area contributed by atoms with Gasteiger partial charge in [-0.15, -0.1) is 21.5 Å². The van der Waals surface area contributed by atoms with Crippen molar-refractivity contribution in [2.75, 3.05) is 0 Å². The second kappa shape index (κ2) is 5.83. The fraction of sp³-hybridized carbons (Fsp3) is 0.417. The quantitative estimate of drug-likeness (QED) is 0.899. The first-order chi connectivity index (χ1) is 9.08. The minimum Gasteiger partial charge on any atom is -0.331 e. The molecular weight excluding hydrogens is 262 g/mol. The lowest BCUT2D eigenvalue weighted by molar-refractivity contribution is 0.234. The molecule has 0 unspecified atom stereocenters. The first-order valence-electron chi connectivity index (χ1n) is 6.02. The van der Waals surface area contributed by atoms with Crippen molar-refractivity contribution in [2.24, 2.45) is 7.05 Å². The van der Waals surface area contributed by atoms with Crippen LogP contribution >= 0.6 is 11.3 Å². The standard InChI is InChI=1S/C12H17N5OS/c1-8(10-5-4-6-19-10)14-12(18)15-9(2)11-16-13-7-17(11)3/h4-9H,1-3H3,(H2,14,15,18)/t8-,9-/m1/s1. The molecule has 2 heterocycles. The molecule has 0 bridgehead atoms. The summed E-state index contributed by atoms with van der Waals surface area (Å²) >= 11 is 1.62. The van der Waals surface area contributed by atoms with Crippen LogP contribution in [0.2, 0.25) is 0 Å². The minimum atomic E-state index is -0.212. The number of nitrogens with zero attached hydrogens (tertiary/aromatic N) is 3. The van der Waals surface area contributed by atoms with Crippen molar-refractivity contribution in [1.29, 1.82) is 0 Å². The van der Waals surface area contributed by atoms with Gasteiger partial charge in [0, 0.05) is 11.9 Å². The summed E-state index contributed by atoms with van der Waals surface area (Å²) in [6.45, 7) is 3.83. The Balaban J connectivity index is 1.89. The van der Waals surface area contributed by atoms with Gasteiger partial charge in [-0.1, -0.05) is 6.07 Å². The molecule has 7 heteroatoms. The zero-order valence-corrected chi connectivity index (χ0v) is 11.9. The van der Waals surface area contributed by atoms with Crippen LogP contribution in [0, 0.1) is 0 Å². The van der Waals surface area contributed by atoms with Crippen molar-refractivity contribution in [1.82, 2.24) is 25.4 Å². The van der Waals surface area contributed by atoms with Crippen molar-refractivity contribution < 1.29 is 4.79 Å². The fourth-order valence-corrected chi connectivity index (χ4v) is 2.53. The molecule has 2 rings (SSSR count). The molecule has 6 nitrogen and oxygen atoms in total. The summed E-state index contributed by atoms with van der Waals surface area (Å²) in [7, 11) is 1.85. The van der Waals surface area contributed by atoms with E-state index in [9.17, 15) is 4.79 Å². The highest BCUT2D eigenvalue weighted by Crippen LogP contribution is 2.18. The number of carbonyl (C=O) groups excluding carboxylic acids is 1. The molecule has 19 heavy (non-hydrogen) atoms. The number of rotatable bonds is 4. The zero-order valence-electron chi connectivity index (χ0n) is 11.1. The van der Waals surface area contributed by atoms with Crippen LogP contribution in [-0.4, -0.2) is 20.8 Å². The Labute approximate surface area is 115 Å². The second-order valence-corrected chi connectivity index (χ2v) is 5.36. The summed E-state index contributed by atoms with van der Waals surface area (Å²) in [4.78, 5) is 13.0. The lowest BCUT2D eigenvalue weighted by Crippen LogP contribution is -2.38. The van der Waals surface area contributed by atoms with Crippen LogP contribution in [0.15, 0.2) is 23.8 Å². The molecule has 0 saturated heterocycles. The number of nitrogens with one attached hydrogen (secondary N) is 2. The van der Waals surface area contributed by atoms with Gasteiger partial charge in [0.25, 0.3) is 0 Å². The lowest BCUT2D eigenvalue weighted by Gasteiger charge is -2.17. The minimum absolute atomic E-state index is 0.00769. The molecule has 0 fully saturated rings. The average molecular weight is 279 g/mol. The highest BCUT2D eigenvalue weighted by atomic mass is 32.1. The van der Waals surface area contributed by atoms with Gasteiger partial charge >= 0.3 is 6.03 Å². The number of urea groups is 1. The molecular formula is C12H17N5OS. The van der Waals surface area contributed by atoms with E-state index in [2.05, 4.69) is 20.8 Å². The van der Waals surface area contributed by atoms with Gasteiger partial charge in [-0.05, 0) is 25.3 Å². The van der Waals surface area contributed by atoms with E-state index in [1.54, 1.807) is 22.2 Å². The van der Waals surface area contributed by atoms with Crippen LogP contribution in [0.5, 0.6) is 0 Å². The predicted molar refractivity (Wildman–Crippen MR) is 73.8 cm³/mol. The molecule has 0 radical (unpaired) electrons. The van der Waals surface area contributed by atoms with E-state index in [4.69, 9.17) is 0 Å². The van der Waals surface area contributed by atoms with Crippen LogP contribution in [0.3, 0.4) is 0 Å². The Morgan fingerprint density at radius 1 is 1.37 bits per heavy atom. The summed E-state index contributed by atoms with van der Waals surface area (Å²) in [6, 6.07) is 3.56. The van der Waals surface area contributed by atoms with E-state index in [1.165, 1.54) is 0 Å². The van der Waals surface area contributed by atoms with Crippen LogP contribution in [0.25, 0.3) is 0 Å². The SMILES string of the molecule is C[C@@H](NC(=O)N[C@H](C)c1nncn1C)c1cccs1. The van der Waals surface area contributed by atoms with Crippen LogP contribution in [0.4, 0.5) is 4.79 Å². The number of thiophene rings is 1. The Bertz CT molecular complexity index is 536. The van der Waals surface area contributed by atoms with E-state index < -0.39 is 0 Å². The summed E-state index contributed by atoms with van der Waals surface area (Å²) < 4.78 is 1.79. The Morgan fingerprint density at radius 2 is 2.11 bits per heavy atom. The van der Waals surface area contributed by atoms with Crippen molar-refractivity contribution in [3.05, 3.63) is 34.5 Å². The first kappa shape index (κ1) is 13.5. The van der Waals surface area contributed by atoms with Crippen molar-refractivity contribution >= 4 is 17.4 Å². The molecule has 0 aliphatic carbocycles. The third kappa shape index (κ3) is 3.31. The summed E-state index contributed by atoms with van der Waals surface area (Å²) in [6.07, 6.45) is 1.61. The molecule has 0 aliphatic rings. The van der Waals surface area contributed by atoms with Gasteiger partial charge in [-0.2, -0.15) is 0 Å². The first-order valence-corrected chi connectivity index (χ1v) is 6.90. The Hall–Kier alpha value is -1.89. The van der Waals surface area contributed by atoms with Gasteiger partial charge in [0.15, 0.2) is 5.82 Å². The zero-order chi connectivity index (χ0) is 13.8. The third-order valence-corrected chi connectivity index (χ3v) is 3.85. The fourth-order valence-electron chi connectivity index (χ4n) is 1.79. The van der Waals surface area contributed by atoms with Crippen molar-refractivity contribution in [3.63, 3.8) is 0 Å². The molecule has 2 N–H and O–H groups in total. The van der Waals surface area contributed by atoms with E-state index in [1.807, 2.05) is 38.4 Å². The van der Waals surface area contributed by atoms with Crippen molar-refractivity contribution in [2.45, 2.75) is 25.9 Å². The molecule has 0 saturated carbocycles. The number of hydrogen-bond donors (Lipinski definition) is 2. The molecule has 0 aromatic carbocycles.